The zero-order valence-corrected chi connectivity index (χ0v) is 9.92. The minimum absolute atomic E-state index is 0.103. The van der Waals surface area contributed by atoms with Crippen LogP contribution in [0.3, 0.4) is 0 Å². The van der Waals surface area contributed by atoms with Crippen molar-refractivity contribution in [2.45, 2.75) is 0 Å². The first-order valence-corrected chi connectivity index (χ1v) is 4.72. The number of benzene rings is 1. The molecular weight excluding hydrogens is 234 g/mol. The Kier molecular flexibility index (Phi) is 3.84. The van der Waals surface area contributed by atoms with Crippen LogP contribution in [-0.4, -0.2) is 27.3 Å². The molecule has 0 amide bonds. The van der Waals surface area contributed by atoms with Crippen LogP contribution in [0.4, 0.5) is 5.69 Å². The lowest BCUT2D eigenvalue weighted by molar-refractivity contribution is 0.0601. The molecule has 0 atom stereocenters. The summed E-state index contributed by atoms with van der Waals surface area (Å²) in [6.07, 6.45) is 0. The van der Waals surface area contributed by atoms with Gasteiger partial charge in [-0.15, -0.1) is 0 Å². The Morgan fingerprint density at radius 1 is 1.31 bits per heavy atom. The van der Waals surface area contributed by atoms with Crippen LogP contribution in [0.5, 0.6) is 11.5 Å². The first-order valence-electron chi connectivity index (χ1n) is 4.35. The number of carbonyl (C=O) groups excluding carboxylic acids is 1. The van der Waals surface area contributed by atoms with Crippen molar-refractivity contribution in [2.24, 2.45) is 0 Å². The summed E-state index contributed by atoms with van der Waals surface area (Å²) in [7, 11) is 4.12. The first-order chi connectivity index (χ1) is 7.56. The Morgan fingerprint density at radius 2 is 1.94 bits per heavy atom. The molecule has 1 aromatic carbocycles. The van der Waals surface area contributed by atoms with Crippen molar-refractivity contribution in [1.82, 2.24) is 0 Å². The van der Waals surface area contributed by atoms with E-state index < -0.39 is 5.97 Å². The van der Waals surface area contributed by atoms with Crippen LogP contribution in [0.1, 0.15) is 10.4 Å². The van der Waals surface area contributed by atoms with Crippen LogP contribution < -0.4 is 15.2 Å². The van der Waals surface area contributed by atoms with Crippen LogP contribution in [-0.2, 0) is 4.74 Å². The Hall–Kier alpha value is -1.62. The van der Waals surface area contributed by atoms with E-state index in [1.54, 1.807) is 0 Å². The first kappa shape index (κ1) is 12.4. The van der Waals surface area contributed by atoms with Crippen molar-refractivity contribution in [2.75, 3.05) is 27.1 Å². The molecule has 6 heteroatoms. The van der Waals surface area contributed by atoms with E-state index in [1.165, 1.54) is 27.4 Å². The van der Waals surface area contributed by atoms with E-state index in [0.717, 1.165) is 0 Å². The highest BCUT2D eigenvalue weighted by atomic mass is 35.5. The average Bonchev–Trinajstić information content (AvgIpc) is 2.31. The summed E-state index contributed by atoms with van der Waals surface area (Å²) in [6, 6.07) is 1.42. The van der Waals surface area contributed by atoms with Gasteiger partial charge in [-0.3, -0.25) is 0 Å². The standard InChI is InChI=1S/C10H12ClNO4/c1-14-6-4-5(10(13)16-3)8(12)7(11)9(6)15-2/h4H,12H2,1-3H3. The third-order valence-electron chi connectivity index (χ3n) is 2.05. The van der Waals surface area contributed by atoms with Crippen LogP contribution in [0.15, 0.2) is 6.07 Å². The Morgan fingerprint density at radius 3 is 2.38 bits per heavy atom. The molecule has 0 aliphatic carbocycles. The Bertz CT molecular complexity index is 420. The molecule has 0 unspecified atom stereocenters. The lowest BCUT2D eigenvalue weighted by atomic mass is 10.1. The number of esters is 1. The molecule has 88 valence electrons. The van der Waals surface area contributed by atoms with Gasteiger partial charge in [0.05, 0.1) is 32.6 Å². The van der Waals surface area contributed by atoms with E-state index in [0.29, 0.717) is 5.75 Å². The zero-order valence-electron chi connectivity index (χ0n) is 9.17. The molecule has 1 rings (SSSR count). The van der Waals surface area contributed by atoms with Gasteiger partial charge >= 0.3 is 5.97 Å². The van der Waals surface area contributed by atoms with E-state index in [-0.39, 0.29) is 22.0 Å². The molecular formula is C10H12ClNO4. The van der Waals surface area contributed by atoms with Crippen LogP contribution in [0.25, 0.3) is 0 Å². The number of rotatable bonds is 3. The average molecular weight is 246 g/mol. The number of methoxy groups -OCH3 is 3. The Labute approximate surface area is 98.0 Å². The second-order valence-electron chi connectivity index (χ2n) is 2.88. The normalized spacial score (nSPS) is 9.75. The van der Waals surface area contributed by atoms with Crippen LogP contribution in [0.2, 0.25) is 5.02 Å². The van der Waals surface area contributed by atoms with Gasteiger partial charge in [0.2, 0.25) is 0 Å². The Balaban J connectivity index is 3.44. The monoisotopic (exact) mass is 245 g/mol. The number of nitrogen functional groups attached to an aromatic ring is 1. The van der Waals surface area contributed by atoms with Crippen molar-refractivity contribution in [1.29, 1.82) is 0 Å². The predicted molar refractivity (Wildman–Crippen MR) is 60.3 cm³/mol. The fourth-order valence-corrected chi connectivity index (χ4v) is 1.52. The fourth-order valence-electron chi connectivity index (χ4n) is 1.24. The minimum Gasteiger partial charge on any atom is -0.493 e. The summed E-state index contributed by atoms with van der Waals surface area (Å²) in [4.78, 5) is 11.4. The van der Waals surface area contributed by atoms with Gasteiger partial charge in [-0.1, -0.05) is 11.6 Å². The smallest absolute Gasteiger partial charge is 0.340 e. The van der Waals surface area contributed by atoms with Crippen LogP contribution >= 0.6 is 11.6 Å². The maximum atomic E-state index is 11.4. The lowest BCUT2D eigenvalue weighted by Gasteiger charge is -2.13. The molecule has 2 N–H and O–H groups in total. The van der Waals surface area contributed by atoms with E-state index >= 15 is 0 Å². The van der Waals surface area contributed by atoms with Gasteiger partial charge in [0, 0.05) is 6.07 Å². The van der Waals surface area contributed by atoms with Gasteiger partial charge in [-0.25, -0.2) is 4.79 Å². The van der Waals surface area contributed by atoms with E-state index in [1.807, 2.05) is 0 Å². The minimum atomic E-state index is -0.583. The van der Waals surface area contributed by atoms with E-state index in [2.05, 4.69) is 4.74 Å². The molecule has 0 spiro atoms. The predicted octanol–water partition coefficient (Wildman–Crippen LogP) is 1.73. The number of hydrogen-bond acceptors (Lipinski definition) is 5. The van der Waals surface area contributed by atoms with Crippen LogP contribution in [0, 0.1) is 0 Å². The number of hydrogen-bond donors (Lipinski definition) is 1. The molecule has 0 saturated heterocycles. The van der Waals surface area contributed by atoms with Gasteiger partial charge in [-0.05, 0) is 0 Å². The second-order valence-corrected chi connectivity index (χ2v) is 3.26. The van der Waals surface area contributed by atoms with E-state index in [9.17, 15) is 4.79 Å². The number of carbonyl (C=O) groups is 1. The van der Waals surface area contributed by atoms with Crippen molar-refractivity contribution in [3.63, 3.8) is 0 Å². The number of anilines is 1. The largest absolute Gasteiger partial charge is 0.493 e. The SMILES string of the molecule is COC(=O)c1cc(OC)c(OC)c(Cl)c1N. The summed E-state index contributed by atoms with van der Waals surface area (Å²) in [5, 5.41) is 0.127. The third-order valence-corrected chi connectivity index (χ3v) is 2.43. The third kappa shape index (κ3) is 1.99. The summed E-state index contributed by atoms with van der Waals surface area (Å²) >= 11 is 5.95. The molecule has 16 heavy (non-hydrogen) atoms. The number of halogens is 1. The van der Waals surface area contributed by atoms with E-state index in [4.69, 9.17) is 26.8 Å². The molecule has 0 aliphatic heterocycles. The highest BCUT2D eigenvalue weighted by molar-refractivity contribution is 6.35. The second kappa shape index (κ2) is 4.94. The van der Waals surface area contributed by atoms with Gasteiger partial charge in [-0.2, -0.15) is 0 Å². The summed E-state index contributed by atoms with van der Waals surface area (Å²) in [5.74, 6) is 0.0248. The molecule has 0 radical (unpaired) electrons. The van der Waals surface area contributed by atoms with Crippen molar-refractivity contribution >= 4 is 23.3 Å². The quantitative estimate of drug-likeness (QED) is 0.649. The molecule has 0 heterocycles. The summed E-state index contributed by atoms with van der Waals surface area (Å²) in [5.41, 5.74) is 5.94. The summed E-state index contributed by atoms with van der Waals surface area (Å²) < 4.78 is 14.6. The van der Waals surface area contributed by atoms with Gasteiger partial charge in [0.15, 0.2) is 11.5 Å². The zero-order chi connectivity index (χ0) is 12.3. The molecule has 0 bridgehead atoms. The molecule has 0 aromatic heterocycles. The topological polar surface area (TPSA) is 70.8 Å². The molecule has 0 aliphatic rings. The van der Waals surface area contributed by atoms with Crippen molar-refractivity contribution in [3.8, 4) is 11.5 Å². The highest BCUT2D eigenvalue weighted by Crippen LogP contribution is 2.41. The summed E-state index contributed by atoms with van der Waals surface area (Å²) in [6.45, 7) is 0. The molecule has 0 saturated carbocycles. The van der Waals surface area contributed by atoms with Gasteiger partial charge < -0.3 is 19.9 Å². The van der Waals surface area contributed by atoms with Crippen molar-refractivity contribution < 1.29 is 19.0 Å². The molecule has 5 nitrogen and oxygen atoms in total. The molecule has 0 fully saturated rings. The van der Waals surface area contributed by atoms with Crippen molar-refractivity contribution in [3.05, 3.63) is 16.7 Å². The number of nitrogens with two attached hydrogens (primary N) is 1. The maximum absolute atomic E-state index is 11.4. The molecule has 1 aromatic rings. The van der Waals surface area contributed by atoms with Gasteiger partial charge in [0.25, 0.3) is 0 Å². The highest BCUT2D eigenvalue weighted by Gasteiger charge is 2.20. The number of ether oxygens (including phenoxy) is 3. The van der Waals surface area contributed by atoms with Gasteiger partial charge in [0.1, 0.15) is 5.02 Å². The lowest BCUT2D eigenvalue weighted by Crippen LogP contribution is -2.07. The maximum Gasteiger partial charge on any atom is 0.340 e. The fraction of sp³-hybridized carbons (Fsp3) is 0.300.